The number of nitrogens with zero attached hydrogens (tertiary/aromatic N) is 2. The fourth-order valence-corrected chi connectivity index (χ4v) is 0.962. The van der Waals surface area contributed by atoms with Gasteiger partial charge in [-0.25, -0.2) is 0 Å². The minimum absolute atomic E-state index is 0.344. The summed E-state index contributed by atoms with van der Waals surface area (Å²) in [7, 11) is 0. The highest BCUT2D eigenvalue weighted by Gasteiger charge is 2.22. The zero-order valence-electron chi connectivity index (χ0n) is 7.49. The first kappa shape index (κ1) is 11.8. The molecule has 0 aliphatic carbocycles. The topological polar surface area (TPSA) is 76.2 Å². The van der Waals surface area contributed by atoms with Crippen LogP contribution in [0.15, 0.2) is 12.1 Å². The van der Waals surface area contributed by atoms with Gasteiger partial charge in [0, 0.05) is 12.1 Å². The predicted molar refractivity (Wildman–Crippen MR) is 44.4 cm³/mol. The monoisotopic (exact) mass is 232 g/mol. The number of hydrogen-bond acceptors (Lipinski definition) is 4. The van der Waals surface area contributed by atoms with Crippen LogP contribution in [0.4, 0.5) is 18.9 Å². The van der Waals surface area contributed by atoms with E-state index < -0.39 is 28.8 Å². The Balaban J connectivity index is 3.32. The molecular formula is C8H3F3N2O3. The smallest absolute Gasteiger partial charge is 0.387 e. The number of rotatable bonds is 3. The van der Waals surface area contributed by atoms with E-state index in [-0.39, 0.29) is 5.56 Å². The number of hydrogen-bond donors (Lipinski definition) is 0. The van der Waals surface area contributed by atoms with Crippen molar-refractivity contribution in [1.29, 1.82) is 5.26 Å². The van der Waals surface area contributed by atoms with Crippen LogP contribution in [0.3, 0.4) is 0 Å². The molecule has 1 rings (SSSR count). The SMILES string of the molecule is N#Cc1cc(OC(F)F)c(F)c([N+](=O)[O-])c1. The molecule has 0 aliphatic rings. The van der Waals surface area contributed by atoms with E-state index in [0.717, 1.165) is 0 Å². The van der Waals surface area contributed by atoms with Crippen LogP contribution >= 0.6 is 0 Å². The van der Waals surface area contributed by atoms with E-state index in [2.05, 4.69) is 4.74 Å². The fourth-order valence-electron chi connectivity index (χ4n) is 0.962. The van der Waals surface area contributed by atoms with E-state index in [4.69, 9.17) is 5.26 Å². The summed E-state index contributed by atoms with van der Waals surface area (Å²) in [6.07, 6.45) is 0. The Morgan fingerprint density at radius 2 is 2.12 bits per heavy atom. The van der Waals surface area contributed by atoms with Crippen LogP contribution in [-0.4, -0.2) is 11.5 Å². The second-order valence-corrected chi connectivity index (χ2v) is 2.55. The summed E-state index contributed by atoms with van der Waals surface area (Å²) in [5.41, 5.74) is -1.43. The molecule has 16 heavy (non-hydrogen) atoms. The number of halogens is 3. The van der Waals surface area contributed by atoms with Crippen LogP contribution in [0.25, 0.3) is 0 Å². The van der Waals surface area contributed by atoms with Crippen molar-refractivity contribution in [3.8, 4) is 11.8 Å². The quantitative estimate of drug-likeness (QED) is 0.591. The van der Waals surface area contributed by atoms with Gasteiger partial charge in [-0.05, 0) is 0 Å². The third-order valence-corrected chi connectivity index (χ3v) is 1.56. The molecule has 0 spiro atoms. The predicted octanol–water partition coefficient (Wildman–Crippen LogP) is 2.21. The Morgan fingerprint density at radius 1 is 1.50 bits per heavy atom. The Morgan fingerprint density at radius 3 is 2.56 bits per heavy atom. The highest BCUT2D eigenvalue weighted by molar-refractivity contribution is 5.49. The van der Waals surface area contributed by atoms with Crippen molar-refractivity contribution in [2.45, 2.75) is 6.61 Å². The molecule has 0 aliphatic heterocycles. The highest BCUT2D eigenvalue weighted by Crippen LogP contribution is 2.29. The molecule has 0 heterocycles. The fraction of sp³-hybridized carbons (Fsp3) is 0.125. The van der Waals surface area contributed by atoms with E-state index in [1.807, 2.05) is 0 Å². The van der Waals surface area contributed by atoms with Crippen LogP contribution in [0.1, 0.15) is 5.56 Å². The molecule has 0 fully saturated rings. The van der Waals surface area contributed by atoms with Crippen molar-refractivity contribution in [2.75, 3.05) is 0 Å². The van der Waals surface area contributed by atoms with Gasteiger partial charge >= 0.3 is 12.3 Å². The Hall–Kier alpha value is -2.30. The van der Waals surface area contributed by atoms with Crippen LogP contribution in [-0.2, 0) is 0 Å². The summed E-state index contributed by atoms with van der Waals surface area (Å²) in [5, 5.41) is 18.8. The average molecular weight is 232 g/mol. The van der Waals surface area contributed by atoms with Gasteiger partial charge in [0.15, 0.2) is 5.75 Å². The molecule has 0 saturated heterocycles. The lowest BCUT2D eigenvalue weighted by molar-refractivity contribution is -0.387. The van der Waals surface area contributed by atoms with Gasteiger partial charge in [-0.2, -0.15) is 18.4 Å². The summed E-state index contributed by atoms with van der Waals surface area (Å²) in [6, 6.07) is 2.76. The van der Waals surface area contributed by atoms with E-state index >= 15 is 0 Å². The van der Waals surface area contributed by atoms with Crippen LogP contribution in [0, 0.1) is 27.3 Å². The van der Waals surface area contributed by atoms with Gasteiger partial charge in [0.05, 0.1) is 16.6 Å². The molecule has 84 valence electrons. The number of benzene rings is 1. The zero-order valence-corrected chi connectivity index (χ0v) is 7.49. The van der Waals surface area contributed by atoms with Crippen molar-refractivity contribution in [2.24, 2.45) is 0 Å². The van der Waals surface area contributed by atoms with E-state index in [1.165, 1.54) is 6.07 Å². The first-order chi connectivity index (χ1) is 7.45. The van der Waals surface area contributed by atoms with Crippen molar-refractivity contribution < 1.29 is 22.8 Å². The Bertz CT molecular complexity index is 470. The maximum Gasteiger partial charge on any atom is 0.387 e. The second-order valence-electron chi connectivity index (χ2n) is 2.55. The largest absolute Gasteiger partial charge is 0.431 e. The van der Waals surface area contributed by atoms with Gasteiger partial charge in [0.2, 0.25) is 5.82 Å². The van der Waals surface area contributed by atoms with Crippen molar-refractivity contribution in [3.63, 3.8) is 0 Å². The summed E-state index contributed by atoms with van der Waals surface area (Å²) < 4.78 is 40.6. The third kappa shape index (κ3) is 2.38. The number of alkyl halides is 2. The normalized spacial score (nSPS) is 9.94. The van der Waals surface area contributed by atoms with E-state index in [0.29, 0.717) is 12.1 Å². The Kier molecular flexibility index (Phi) is 3.30. The standard InChI is InChI=1S/C8H3F3N2O3/c9-7-5(13(14)15)1-4(3-12)2-6(7)16-8(10)11/h1-2,8H. The second kappa shape index (κ2) is 4.48. The Labute approximate surface area is 86.8 Å². The number of ether oxygens (including phenoxy) is 1. The molecule has 0 unspecified atom stereocenters. The lowest BCUT2D eigenvalue weighted by Crippen LogP contribution is -2.05. The molecule has 5 nitrogen and oxygen atoms in total. The number of nitriles is 1. The minimum Gasteiger partial charge on any atom is -0.431 e. The van der Waals surface area contributed by atoms with Crippen molar-refractivity contribution in [1.82, 2.24) is 0 Å². The molecule has 0 atom stereocenters. The molecular weight excluding hydrogens is 229 g/mol. The summed E-state index contributed by atoms with van der Waals surface area (Å²) in [4.78, 5) is 9.21. The van der Waals surface area contributed by atoms with Gasteiger partial charge in [-0.1, -0.05) is 0 Å². The lowest BCUT2D eigenvalue weighted by Gasteiger charge is -2.05. The molecule has 0 radical (unpaired) electrons. The summed E-state index contributed by atoms with van der Waals surface area (Å²) in [6.45, 7) is -3.33. The maximum atomic E-state index is 13.2. The van der Waals surface area contributed by atoms with Crippen molar-refractivity contribution in [3.05, 3.63) is 33.6 Å². The molecule has 0 aromatic heterocycles. The molecule has 0 amide bonds. The summed E-state index contributed by atoms with van der Waals surface area (Å²) >= 11 is 0. The molecule has 0 saturated carbocycles. The molecule has 1 aromatic rings. The minimum atomic E-state index is -3.33. The maximum absolute atomic E-state index is 13.2. The number of nitro groups is 1. The van der Waals surface area contributed by atoms with Crippen molar-refractivity contribution >= 4 is 5.69 Å². The van der Waals surface area contributed by atoms with E-state index in [1.54, 1.807) is 0 Å². The van der Waals surface area contributed by atoms with Gasteiger partial charge in [0.25, 0.3) is 0 Å². The van der Waals surface area contributed by atoms with Gasteiger partial charge in [0.1, 0.15) is 0 Å². The van der Waals surface area contributed by atoms with Gasteiger partial charge in [-0.3, -0.25) is 10.1 Å². The van der Waals surface area contributed by atoms with Gasteiger partial charge in [-0.15, -0.1) is 0 Å². The van der Waals surface area contributed by atoms with E-state index in [9.17, 15) is 23.3 Å². The first-order valence-electron chi connectivity index (χ1n) is 3.78. The van der Waals surface area contributed by atoms with Crippen LogP contribution in [0.2, 0.25) is 0 Å². The third-order valence-electron chi connectivity index (χ3n) is 1.56. The average Bonchev–Trinajstić information content (AvgIpc) is 2.19. The first-order valence-corrected chi connectivity index (χ1v) is 3.78. The lowest BCUT2D eigenvalue weighted by atomic mass is 10.2. The van der Waals surface area contributed by atoms with Crippen LogP contribution < -0.4 is 4.74 Å². The zero-order chi connectivity index (χ0) is 12.3. The molecule has 8 heteroatoms. The summed E-state index contributed by atoms with van der Waals surface area (Å²) in [5.74, 6) is -2.56. The molecule has 0 N–H and O–H groups in total. The van der Waals surface area contributed by atoms with Crippen LogP contribution in [0.5, 0.6) is 5.75 Å². The molecule has 1 aromatic carbocycles. The molecule has 0 bridgehead atoms. The van der Waals surface area contributed by atoms with Gasteiger partial charge < -0.3 is 4.74 Å². The number of nitro benzene ring substituents is 1. The highest BCUT2D eigenvalue weighted by atomic mass is 19.3.